The average molecular weight is 511 g/mol. The van der Waals surface area contributed by atoms with Gasteiger partial charge in [-0.15, -0.1) is 0 Å². The zero-order valence-corrected chi connectivity index (χ0v) is 16.2. The molecular weight excluding hydrogens is 497 g/mol. The summed E-state index contributed by atoms with van der Waals surface area (Å²) < 4.78 is 8.64. The summed E-state index contributed by atoms with van der Waals surface area (Å²) in [6, 6.07) is 12.0. The van der Waals surface area contributed by atoms with Crippen molar-refractivity contribution in [1.29, 1.82) is 0 Å². The highest BCUT2D eigenvalue weighted by Crippen LogP contribution is 2.32. The van der Waals surface area contributed by atoms with Crippen LogP contribution in [0, 0.1) is 3.57 Å². The van der Waals surface area contributed by atoms with E-state index in [0.29, 0.717) is 6.61 Å². The average Bonchev–Trinajstić information content (AvgIpc) is 2.43. The summed E-state index contributed by atoms with van der Waals surface area (Å²) in [7, 11) is 0. The van der Waals surface area contributed by atoms with Gasteiger partial charge in [-0.05, 0) is 86.9 Å². The maximum atomic E-state index is 6.38. The van der Waals surface area contributed by atoms with Crippen molar-refractivity contribution in [2.75, 3.05) is 6.61 Å². The monoisotopic (exact) mass is 509 g/mol. The minimum absolute atomic E-state index is 0.175. The molecule has 0 aromatic heterocycles. The van der Waals surface area contributed by atoms with Crippen LogP contribution in [0.4, 0.5) is 0 Å². The van der Waals surface area contributed by atoms with Gasteiger partial charge in [-0.25, -0.2) is 0 Å². The Balaban J connectivity index is 2.35. The predicted octanol–water partition coefficient (Wildman–Crippen LogP) is 5.26. The third-order valence-electron chi connectivity index (χ3n) is 2.91. The van der Waals surface area contributed by atoms with Crippen LogP contribution in [0.3, 0.4) is 0 Å². The van der Waals surface area contributed by atoms with Gasteiger partial charge >= 0.3 is 0 Å². The Morgan fingerprint density at radius 1 is 1.15 bits per heavy atom. The standard InChI is InChI=1S/C15H14Br2INO/c1-2-20-14-6-3-9(7-13(14)17)15(19)11-8-10(18)4-5-12(11)16/h3-8,15H,2,19H2,1H3. The Morgan fingerprint density at radius 3 is 2.55 bits per heavy atom. The van der Waals surface area contributed by atoms with Crippen LogP contribution < -0.4 is 10.5 Å². The van der Waals surface area contributed by atoms with E-state index in [2.05, 4.69) is 66.6 Å². The fourth-order valence-electron chi connectivity index (χ4n) is 1.92. The van der Waals surface area contributed by atoms with Crippen molar-refractivity contribution in [3.63, 3.8) is 0 Å². The van der Waals surface area contributed by atoms with E-state index in [1.54, 1.807) is 0 Å². The van der Waals surface area contributed by atoms with Gasteiger partial charge in [0.05, 0.1) is 17.1 Å². The Morgan fingerprint density at radius 2 is 1.90 bits per heavy atom. The fourth-order valence-corrected chi connectivity index (χ4v) is 3.44. The van der Waals surface area contributed by atoms with E-state index in [4.69, 9.17) is 10.5 Å². The molecule has 1 unspecified atom stereocenters. The summed E-state index contributed by atoms with van der Waals surface area (Å²) in [6.07, 6.45) is 0. The van der Waals surface area contributed by atoms with Gasteiger partial charge in [0.25, 0.3) is 0 Å². The summed E-state index contributed by atoms with van der Waals surface area (Å²) in [4.78, 5) is 0. The first-order chi connectivity index (χ1) is 9.52. The zero-order chi connectivity index (χ0) is 14.7. The summed E-state index contributed by atoms with van der Waals surface area (Å²) in [5.41, 5.74) is 8.51. The molecule has 5 heteroatoms. The fraction of sp³-hybridized carbons (Fsp3) is 0.200. The molecule has 0 bridgehead atoms. The Hall–Kier alpha value is -0.110. The molecule has 20 heavy (non-hydrogen) atoms. The molecule has 0 aliphatic carbocycles. The van der Waals surface area contributed by atoms with Gasteiger partial charge in [0, 0.05) is 8.04 Å². The summed E-state index contributed by atoms with van der Waals surface area (Å²) >= 11 is 9.39. The highest BCUT2D eigenvalue weighted by Gasteiger charge is 2.14. The first-order valence-corrected chi connectivity index (χ1v) is 8.82. The van der Waals surface area contributed by atoms with Crippen molar-refractivity contribution < 1.29 is 4.74 Å². The predicted molar refractivity (Wildman–Crippen MR) is 98.2 cm³/mol. The second-order valence-electron chi connectivity index (χ2n) is 4.27. The molecule has 0 radical (unpaired) electrons. The topological polar surface area (TPSA) is 35.2 Å². The molecule has 0 aliphatic heterocycles. The van der Waals surface area contributed by atoms with Crippen LogP contribution >= 0.6 is 54.5 Å². The summed E-state index contributed by atoms with van der Waals surface area (Å²) in [5.74, 6) is 0.838. The lowest BCUT2D eigenvalue weighted by Gasteiger charge is -2.16. The van der Waals surface area contributed by atoms with E-state index in [1.807, 2.05) is 31.2 Å². The van der Waals surface area contributed by atoms with Crippen molar-refractivity contribution >= 4 is 54.5 Å². The molecule has 2 aromatic carbocycles. The van der Waals surface area contributed by atoms with Crippen molar-refractivity contribution in [3.8, 4) is 5.75 Å². The Labute approximate surface area is 149 Å². The summed E-state index contributed by atoms with van der Waals surface area (Å²) in [6.45, 7) is 2.61. The number of benzene rings is 2. The number of hydrogen-bond acceptors (Lipinski definition) is 2. The van der Waals surface area contributed by atoms with Crippen molar-refractivity contribution in [2.45, 2.75) is 13.0 Å². The Bertz CT molecular complexity index is 619. The quantitative estimate of drug-likeness (QED) is 0.569. The van der Waals surface area contributed by atoms with Gasteiger partial charge in [-0.1, -0.05) is 22.0 Å². The molecule has 1 atom stereocenters. The molecule has 2 N–H and O–H groups in total. The van der Waals surface area contributed by atoms with Crippen LogP contribution in [-0.2, 0) is 0 Å². The molecular formula is C15H14Br2INO. The SMILES string of the molecule is CCOc1ccc(C(N)c2cc(I)ccc2Br)cc1Br. The lowest BCUT2D eigenvalue weighted by Crippen LogP contribution is -2.13. The van der Waals surface area contributed by atoms with Gasteiger partial charge < -0.3 is 10.5 Å². The third kappa shape index (κ3) is 3.75. The van der Waals surface area contributed by atoms with Gasteiger partial charge in [0.2, 0.25) is 0 Å². The second kappa shape index (κ2) is 7.24. The number of ether oxygens (including phenoxy) is 1. The van der Waals surface area contributed by atoms with E-state index < -0.39 is 0 Å². The molecule has 0 heterocycles. The largest absolute Gasteiger partial charge is 0.493 e. The minimum Gasteiger partial charge on any atom is -0.493 e. The van der Waals surface area contributed by atoms with Crippen LogP contribution in [0.5, 0.6) is 5.75 Å². The minimum atomic E-state index is -0.175. The molecule has 0 saturated heterocycles. The second-order valence-corrected chi connectivity index (χ2v) is 7.22. The lowest BCUT2D eigenvalue weighted by atomic mass is 10.00. The van der Waals surface area contributed by atoms with Gasteiger partial charge in [-0.2, -0.15) is 0 Å². The van der Waals surface area contributed by atoms with E-state index >= 15 is 0 Å². The zero-order valence-electron chi connectivity index (χ0n) is 10.9. The smallest absolute Gasteiger partial charge is 0.133 e. The van der Waals surface area contributed by atoms with E-state index in [-0.39, 0.29) is 6.04 Å². The van der Waals surface area contributed by atoms with Crippen molar-refractivity contribution in [2.24, 2.45) is 5.73 Å². The molecule has 0 spiro atoms. The molecule has 2 aromatic rings. The van der Waals surface area contributed by atoms with Crippen LogP contribution in [-0.4, -0.2) is 6.61 Å². The molecule has 2 rings (SSSR count). The maximum absolute atomic E-state index is 6.38. The number of nitrogens with two attached hydrogens (primary N) is 1. The van der Waals surface area contributed by atoms with Crippen LogP contribution in [0.25, 0.3) is 0 Å². The van der Waals surface area contributed by atoms with Crippen molar-refractivity contribution in [1.82, 2.24) is 0 Å². The van der Waals surface area contributed by atoms with Crippen LogP contribution in [0.2, 0.25) is 0 Å². The van der Waals surface area contributed by atoms with Gasteiger partial charge in [0.1, 0.15) is 5.75 Å². The first kappa shape index (κ1) is 16.3. The van der Waals surface area contributed by atoms with Gasteiger partial charge in [-0.3, -0.25) is 0 Å². The maximum Gasteiger partial charge on any atom is 0.133 e. The molecule has 0 amide bonds. The normalized spacial score (nSPS) is 12.2. The third-order valence-corrected chi connectivity index (χ3v) is 4.92. The highest BCUT2D eigenvalue weighted by molar-refractivity contribution is 14.1. The van der Waals surface area contributed by atoms with Gasteiger partial charge in [0.15, 0.2) is 0 Å². The molecule has 2 nitrogen and oxygen atoms in total. The first-order valence-electron chi connectivity index (χ1n) is 6.15. The highest BCUT2D eigenvalue weighted by atomic mass is 127. The van der Waals surface area contributed by atoms with E-state index in [1.165, 1.54) is 3.57 Å². The molecule has 106 valence electrons. The number of hydrogen-bond donors (Lipinski definition) is 1. The van der Waals surface area contributed by atoms with Crippen LogP contribution in [0.1, 0.15) is 24.1 Å². The number of halogens is 3. The number of rotatable bonds is 4. The van der Waals surface area contributed by atoms with Crippen molar-refractivity contribution in [3.05, 3.63) is 60.0 Å². The molecule has 0 aliphatic rings. The molecule has 0 fully saturated rings. The van der Waals surface area contributed by atoms with Crippen LogP contribution in [0.15, 0.2) is 45.3 Å². The summed E-state index contributed by atoms with van der Waals surface area (Å²) in [5, 5.41) is 0. The van der Waals surface area contributed by atoms with E-state index in [0.717, 1.165) is 25.8 Å². The Kier molecular flexibility index (Phi) is 5.89. The lowest BCUT2D eigenvalue weighted by molar-refractivity contribution is 0.338. The van der Waals surface area contributed by atoms with E-state index in [9.17, 15) is 0 Å². The molecule has 0 saturated carbocycles.